The number of benzene rings is 1. The number of fused-ring (bicyclic) bond motifs is 1. The molecule has 2 heterocycles. The predicted octanol–water partition coefficient (Wildman–Crippen LogP) is 2.29. The van der Waals surface area contributed by atoms with Gasteiger partial charge in [0.2, 0.25) is 0 Å². The van der Waals surface area contributed by atoms with Crippen LogP contribution in [0.25, 0.3) is 5.65 Å². The number of hydrogen-bond acceptors (Lipinski definition) is 4. The van der Waals surface area contributed by atoms with Gasteiger partial charge in [0.25, 0.3) is 10.0 Å². The molecule has 3 aromatic rings. The van der Waals surface area contributed by atoms with Gasteiger partial charge in [-0.05, 0) is 28.1 Å². The second-order valence-electron chi connectivity index (χ2n) is 3.99. The summed E-state index contributed by atoms with van der Waals surface area (Å²) in [6.45, 7) is 0. The first-order valence-corrected chi connectivity index (χ1v) is 7.92. The summed E-state index contributed by atoms with van der Waals surface area (Å²) in [6.07, 6.45) is 3.19. The zero-order valence-corrected chi connectivity index (χ0v) is 12.5. The number of hydrogen-bond donors (Lipinski definition) is 1. The number of nitrogens with zero attached hydrogens (tertiary/aromatic N) is 3. The van der Waals surface area contributed by atoms with Crippen LogP contribution < -0.4 is 4.72 Å². The van der Waals surface area contributed by atoms with Gasteiger partial charge in [-0.1, -0.05) is 18.2 Å². The van der Waals surface area contributed by atoms with Crippen molar-refractivity contribution < 1.29 is 8.42 Å². The van der Waals surface area contributed by atoms with E-state index in [0.29, 0.717) is 15.9 Å². The number of imidazole rings is 1. The maximum absolute atomic E-state index is 12.3. The maximum Gasteiger partial charge on any atom is 0.262 e. The number of sulfonamides is 1. The molecule has 0 spiro atoms. The first kappa shape index (κ1) is 13.1. The van der Waals surface area contributed by atoms with Crippen LogP contribution in [0.5, 0.6) is 0 Å². The molecule has 8 heteroatoms. The standard InChI is InChI=1S/C12H9BrN4O2S/c13-11-8-10(12-14-6-7-17(12)15-11)16-20(18,19)9-4-2-1-3-5-9/h1-8,16H. The van der Waals surface area contributed by atoms with Crippen LogP contribution in [0.15, 0.2) is 58.3 Å². The van der Waals surface area contributed by atoms with Crippen molar-refractivity contribution in [3.05, 3.63) is 53.4 Å². The van der Waals surface area contributed by atoms with Crippen LogP contribution in [0.4, 0.5) is 5.69 Å². The van der Waals surface area contributed by atoms with Crippen LogP contribution >= 0.6 is 15.9 Å². The van der Waals surface area contributed by atoms with Crippen molar-refractivity contribution in [1.29, 1.82) is 0 Å². The zero-order valence-electron chi connectivity index (χ0n) is 10.1. The van der Waals surface area contributed by atoms with E-state index in [-0.39, 0.29) is 4.90 Å². The molecule has 2 aromatic heterocycles. The predicted molar refractivity (Wildman–Crippen MR) is 77.9 cm³/mol. The lowest BCUT2D eigenvalue weighted by atomic mass is 10.4. The Hall–Kier alpha value is -1.93. The summed E-state index contributed by atoms with van der Waals surface area (Å²) in [5.41, 5.74) is 0.799. The Balaban J connectivity index is 2.07. The molecule has 0 radical (unpaired) electrons. The molecule has 0 aliphatic rings. The van der Waals surface area contributed by atoms with Gasteiger partial charge in [-0.3, -0.25) is 4.72 Å². The summed E-state index contributed by atoms with van der Waals surface area (Å²) < 4.78 is 29.1. The topological polar surface area (TPSA) is 76.4 Å². The molecule has 0 saturated carbocycles. The van der Waals surface area contributed by atoms with Gasteiger partial charge < -0.3 is 0 Å². The van der Waals surface area contributed by atoms with E-state index in [1.807, 2.05) is 0 Å². The van der Waals surface area contributed by atoms with E-state index in [1.54, 1.807) is 36.7 Å². The molecule has 0 saturated heterocycles. The third-order valence-corrected chi connectivity index (χ3v) is 4.40. The molecule has 6 nitrogen and oxygen atoms in total. The lowest BCUT2D eigenvalue weighted by Crippen LogP contribution is -2.14. The Kier molecular flexibility index (Phi) is 3.19. The molecule has 0 fully saturated rings. The van der Waals surface area contributed by atoms with Gasteiger partial charge in [-0.2, -0.15) is 5.10 Å². The van der Waals surface area contributed by atoms with Crippen molar-refractivity contribution in [3.8, 4) is 0 Å². The second-order valence-corrected chi connectivity index (χ2v) is 6.49. The van der Waals surface area contributed by atoms with Crippen LogP contribution in [0.2, 0.25) is 0 Å². The molecule has 0 aliphatic heterocycles. The van der Waals surface area contributed by atoms with E-state index in [0.717, 1.165) is 0 Å². The summed E-state index contributed by atoms with van der Waals surface area (Å²) >= 11 is 3.24. The molecule has 0 bridgehead atoms. The normalized spacial score (nSPS) is 11.7. The van der Waals surface area contributed by atoms with Crippen LogP contribution in [0.3, 0.4) is 0 Å². The number of rotatable bonds is 3. The SMILES string of the molecule is O=S(=O)(Nc1cc(Br)nn2ccnc12)c1ccccc1. The molecule has 1 N–H and O–H groups in total. The van der Waals surface area contributed by atoms with Crippen molar-refractivity contribution in [3.63, 3.8) is 0 Å². The minimum absolute atomic E-state index is 0.192. The molecule has 20 heavy (non-hydrogen) atoms. The number of nitrogens with one attached hydrogen (secondary N) is 1. The Morgan fingerprint density at radius 3 is 2.70 bits per heavy atom. The number of anilines is 1. The number of halogens is 1. The van der Waals surface area contributed by atoms with E-state index < -0.39 is 10.0 Å². The monoisotopic (exact) mass is 352 g/mol. The van der Waals surface area contributed by atoms with Crippen molar-refractivity contribution in [2.24, 2.45) is 0 Å². The molecule has 0 aliphatic carbocycles. The van der Waals surface area contributed by atoms with Gasteiger partial charge in [0, 0.05) is 18.5 Å². The quantitative estimate of drug-likeness (QED) is 0.784. The van der Waals surface area contributed by atoms with Gasteiger partial charge in [0.05, 0.1) is 10.6 Å². The smallest absolute Gasteiger partial charge is 0.262 e. The third-order valence-electron chi connectivity index (χ3n) is 2.63. The molecule has 0 atom stereocenters. The molecule has 102 valence electrons. The molecule has 0 unspecified atom stereocenters. The molecular formula is C12H9BrN4O2S. The van der Waals surface area contributed by atoms with E-state index in [1.165, 1.54) is 16.6 Å². The average molecular weight is 353 g/mol. The van der Waals surface area contributed by atoms with Gasteiger partial charge in [-0.25, -0.2) is 17.9 Å². The highest BCUT2D eigenvalue weighted by Gasteiger charge is 2.16. The van der Waals surface area contributed by atoms with Crippen LogP contribution in [0.1, 0.15) is 0 Å². The highest BCUT2D eigenvalue weighted by Crippen LogP contribution is 2.22. The second kappa shape index (κ2) is 4.88. The van der Waals surface area contributed by atoms with Crippen LogP contribution in [-0.4, -0.2) is 23.0 Å². The summed E-state index contributed by atoms with van der Waals surface area (Å²) in [7, 11) is -3.65. The van der Waals surface area contributed by atoms with Crippen LogP contribution in [0, 0.1) is 0 Å². The van der Waals surface area contributed by atoms with E-state index in [2.05, 4.69) is 30.7 Å². The fourth-order valence-electron chi connectivity index (χ4n) is 1.76. The maximum atomic E-state index is 12.3. The van der Waals surface area contributed by atoms with Gasteiger partial charge in [0.1, 0.15) is 4.60 Å². The largest absolute Gasteiger partial charge is 0.276 e. The van der Waals surface area contributed by atoms with Gasteiger partial charge >= 0.3 is 0 Å². The van der Waals surface area contributed by atoms with Gasteiger partial charge in [0.15, 0.2) is 5.65 Å². The Morgan fingerprint density at radius 1 is 1.20 bits per heavy atom. The van der Waals surface area contributed by atoms with E-state index >= 15 is 0 Å². The van der Waals surface area contributed by atoms with Crippen molar-refractivity contribution in [1.82, 2.24) is 14.6 Å². The van der Waals surface area contributed by atoms with Gasteiger partial charge in [-0.15, -0.1) is 0 Å². The van der Waals surface area contributed by atoms with E-state index in [4.69, 9.17) is 0 Å². The van der Waals surface area contributed by atoms with E-state index in [9.17, 15) is 8.42 Å². The fourth-order valence-corrected chi connectivity index (χ4v) is 3.24. The first-order valence-electron chi connectivity index (χ1n) is 5.64. The molecule has 0 amide bonds. The third kappa shape index (κ3) is 2.39. The first-order chi connectivity index (χ1) is 9.56. The summed E-state index contributed by atoms with van der Waals surface area (Å²) in [6, 6.07) is 9.73. The highest BCUT2D eigenvalue weighted by molar-refractivity contribution is 9.10. The highest BCUT2D eigenvalue weighted by atomic mass is 79.9. The lowest BCUT2D eigenvalue weighted by Gasteiger charge is -2.09. The lowest BCUT2D eigenvalue weighted by molar-refractivity contribution is 0.601. The summed E-state index contributed by atoms with van der Waals surface area (Å²) in [5, 5.41) is 4.14. The van der Waals surface area contributed by atoms with Crippen molar-refractivity contribution in [2.45, 2.75) is 4.90 Å². The zero-order chi connectivity index (χ0) is 14.2. The Labute approximate surface area is 123 Å². The molecular weight excluding hydrogens is 344 g/mol. The Bertz CT molecular complexity index is 862. The Morgan fingerprint density at radius 2 is 1.95 bits per heavy atom. The summed E-state index contributed by atoms with van der Waals surface area (Å²) in [4.78, 5) is 4.28. The average Bonchev–Trinajstić information content (AvgIpc) is 2.87. The number of aromatic nitrogens is 3. The minimum Gasteiger partial charge on any atom is -0.276 e. The summed E-state index contributed by atoms with van der Waals surface area (Å²) in [5.74, 6) is 0. The van der Waals surface area contributed by atoms with Crippen molar-refractivity contribution >= 4 is 37.3 Å². The molecule has 1 aromatic carbocycles. The molecule has 3 rings (SSSR count). The van der Waals surface area contributed by atoms with Crippen molar-refractivity contribution in [2.75, 3.05) is 4.72 Å². The van der Waals surface area contributed by atoms with Crippen LogP contribution in [-0.2, 0) is 10.0 Å². The fraction of sp³-hybridized carbons (Fsp3) is 0. The minimum atomic E-state index is -3.65.